The van der Waals surface area contributed by atoms with Gasteiger partial charge in [0, 0.05) is 32.1 Å². The molecular weight excluding hydrogens is 220 g/mol. The van der Waals surface area contributed by atoms with Crippen molar-refractivity contribution in [1.29, 1.82) is 0 Å². The van der Waals surface area contributed by atoms with Gasteiger partial charge in [-0.05, 0) is 18.6 Å². The summed E-state index contributed by atoms with van der Waals surface area (Å²) in [5, 5.41) is 0. The predicted octanol–water partition coefficient (Wildman–Crippen LogP) is 0.726. The summed E-state index contributed by atoms with van der Waals surface area (Å²) in [7, 11) is 0. The Balaban J connectivity index is 1.71. The van der Waals surface area contributed by atoms with E-state index in [1.807, 2.05) is 4.90 Å². The molecule has 1 atom stereocenters. The number of piperazine rings is 1. The van der Waals surface area contributed by atoms with Gasteiger partial charge in [-0.25, -0.2) is 0 Å². The quantitative estimate of drug-likeness (QED) is 0.719. The van der Waals surface area contributed by atoms with Crippen LogP contribution in [0.25, 0.3) is 0 Å². The van der Waals surface area contributed by atoms with Crippen LogP contribution in [-0.2, 0) is 4.79 Å². The number of rotatable bonds is 1. The molecule has 5 heteroatoms. The predicted molar refractivity (Wildman–Crippen MR) is 59.3 cm³/mol. The van der Waals surface area contributed by atoms with Gasteiger partial charge in [0.15, 0.2) is 5.76 Å². The molecule has 5 nitrogen and oxygen atoms in total. The van der Waals surface area contributed by atoms with Crippen molar-refractivity contribution in [2.75, 3.05) is 19.6 Å². The van der Waals surface area contributed by atoms with Crippen molar-refractivity contribution >= 4 is 11.8 Å². The molecule has 2 amide bonds. The second kappa shape index (κ2) is 3.91. The van der Waals surface area contributed by atoms with Gasteiger partial charge in [-0.1, -0.05) is 0 Å². The molecule has 0 bridgehead atoms. The molecule has 90 valence electrons. The first kappa shape index (κ1) is 10.4. The number of carbonyl (C=O) groups excluding carboxylic acids is 2. The van der Waals surface area contributed by atoms with Crippen molar-refractivity contribution in [3.05, 3.63) is 24.2 Å². The Morgan fingerprint density at radius 3 is 3.06 bits per heavy atom. The third-order valence-electron chi connectivity index (χ3n) is 3.51. The zero-order valence-electron chi connectivity index (χ0n) is 9.46. The van der Waals surface area contributed by atoms with E-state index >= 15 is 0 Å². The number of carbonyl (C=O) groups is 2. The smallest absolute Gasteiger partial charge is 0.289 e. The Labute approximate surface area is 99.0 Å². The fourth-order valence-corrected chi connectivity index (χ4v) is 2.60. The number of furan rings is 1. The van der Waals surface area contributed by atoms with Gasteiger partial charge in [-0.3, -0.25) is 9.59 Å². The molecule has 0 aliphatic carbocycles. The van der Waals surface area contributed by atoms with E-state index in [9.17, 15) is 9.59 Å². The van der Waals surface area contributed by atoms with Gasteiger partial charge in [-0.15, -0.1) is 0 Å². The van der Waals surface area contributed by atoms with E-state index in [-0.39, 0.29) is 17.9 Å². The molecule has 0 N–H and O–H groups in total. The summed E-state index contributed by atoms with van der Waals surface area (Å²) in [5.74, 6) is 0.525. The molecule has 0 radical (unpaired) electrons. The standard InChI is InChI=1S/C12H14N2O3/c15-11-4-3-9-8-13(5-6-14(9)11)12(16)10-2-1-7-17-10/h1-2,7,9H,3-6,8H2. The highest BCUT2D eigenvalue weighted by Gasteiger charge is 2.37. The first-order valence-electron chi connectivity index (χ1n) is 5.88. The third kappa shape index (κ3) is 1.71. The van der Waals surface area contributed by atoms with Crippen LogP contribution in [0.2, 0.25) is 0 Å². The van der Waals surface area contributed by atoms with Gasteiger partial charge in [0.2, 0.25) is 5.91 Å². The number of fused-ring (bicyclic) bond motifs is 1. The minimum Gasteiger partial charge on any atom is -0.459 e. The average Bonchev–Trinajstić information content (AvgIpc) is 2.98. The number of hydrogen-bond acceptors (Lipinski definition) is 3. The Hall–Kier alpha value is -1.78. The van der Waals surface area contributed by atoms with Crippen LogP contribution >= 0.6 is 0 Å². The lowest BCUT2D eigenvalue weighted by Gasteiger charge is -2.37. The van der Waals surface area contributed by atoms with Crippen LogP contribution in [0.15, 0.2) is 22.8 Å². The average molecular weight is 234 g/mol. The van der Waals surface area contributed by atoms with Gasteiger partial charge in [-0.2, -0.15) is 0 Å². The molecular formula is C12H14N2O3. The van der Waals surface area contributed by atoms with Crippen LogP contribution in [0, 0.1) is 0 Å². The van der Waals surface area contributed by atoms with Gasteiger partial charge in [0.1, 0.15) is 0 Å². The molecule has 2 fully saturated rings. The molecule has 0 saturated carbocycles. The molecule has 3 heterocycles. The second-order valence-corrected chi connectivity index (χ2v) is 4.51. The van der Waals surface area contributed by atoms with Crippen LogP contribution in [-0.4, -0.2) is 47.3 Å². The summed E-state index contributed by atoms with van der Waals surface area (Å²) >= 11 is 0. The maximum atomic E-state index is 12.1. The fraction of sp³-hybridized carbons (Fsp3) is 0.500. The number of hydrogen-bond donors (Lipinski definition) is 0. The van der Waals surface area contributed by atoms with E-state index < -0.39 is 0 Å². The fourth-order valence-electron chi connectivity index (χ4n) is 2.60. The summed E-state index contributed by atoms with van der Waals surface area (Å²) in [5.41, 5.74) is 0. The van der Waals surface area contributed by atoms with E-state index in [4.69, 9.17) is 4.42 Å². The maximum Gasteiger partial charge on any atom is 0.289 e. The van der Waals surface area contributed by atoms with Crippen molar-refractivity contribution in [2.45, 2.75) is 18.9 Å². The van der Waals surface area contributed by atoms with E-state index in [1.54, 1.807) is 17.0 Å². The largest absolute Gasteiger partial charge is 0.459 e. The van der Waals surface area contributed by atoms with Crippen LogP contribution in [0.3, 0.4) is 0 Å². The van der Waals surface area contributed by atoms with Gasteiger partial charge in [0.25, 0.3) is 5.91 Å². The van der Waals surface area contributed by atoms with E-state index in [0.717, 1.165) is 6.42 Å². The highest BCUT2D eigenvalue weighted by Crippen LogP contribution is 2.23. The SMILES string of the molecule is O=C(c1ccco1)N1CCN2C(=O)CCC2C1. The van der Waals surface area contributed by atoms with Gasteiger partial charge in [0.05, 0.1) is 6.26 Å². The molecule has 17 heavy (non-hydrogen) atoms. The summed E-state index contributed by atoms with van der Waals surface area (Å²) in [4.78, 5) is 27.2. The van der Waals surface area contributed by atoms with E-state index in [2.05, 4.69) is 0 Å². The Kier molecular flexibility index (Phi) is 2.39. The summed E-state index contributed by atoms with van der Waals surface area (Å²) in [6.07, 6.45) is 2.98. The maximum absolute atomic E-state index is 12.1. The summed E-state index contributed by atoms with van der Waals surface area (Å²) < 4.78 is 5.11. The lowest BCUT2D eigenvalue weighted by Crippen LogP contribution is -2.53. The molecule has 0 aromatic carbocycles. The van der Waals surface area contributed by atoms with Crippen molar-refractivity contribution in [2.24, 2.45) is 0 Å². The van der Waals surface area contributed by atoms with Crippen molar-refractivity contribution in [1.82, 2.24) is 9.80 Å². The molecule has 3 rings (SSSR count). The van der Waals surface area contributed by atoms with Gasteiger partial charge >= 0.3 is 0 Å². The zero-order chi connectivity index (χ0) is 11.8. The van der Waals surface area contributed by atoms with Crippen LogP contribution in [0.4, 0.5) is 0 Å². The minimum atomic E-state index is -0.0750. The molecule has 2 aliphatic heterocycles. The topological polar surface area (TPSA) is 53.8 Å². The highest BCUT2D eigenvalue weighted by atomic mass is 16.3. The van der Waals surface area contributed by atoms with E-state index in [0.29, 0.717) is 31.8 Å². The normalized spacial score (nSPS) is 24.0. The number of nitrogens with zero attached hydrogens (tertiary/aromatic N) is 2. The lowest BCUT2D eigenvalue weighted by molar-refractivity contribution is -0.130. The van der Waals surface area contributed by atoms with Gasteiger partial charge < -0.3 is 14.2 Å². The van der Waals surface area contributed by atoms with Crippen molar-refractivity contribution < 1.29 is 14.0 Å². The molecule has 1 unspecified atom stereocenters. The molecule has 0 spiro atoms. The zero-order valence-corrected chi connectivity index (χ0v) is 9.46. The van der Waals surface area contributed by atoms with Crippen LogP contribution in [0.5, 0.6) is 0 Å². The molecule has 1 aromatic rings. The Bertz CT molecular complexity index is 441. The monoisotopic (exact) mass is 234 g/mol. The minimum absolute atomic E-state index is 0.0750. The Morgan fingerprint density at radius 2 is 2.29 bits per heavy atom. The van der Waals surface area contributed by atoms with Crippen molar-refractivity contribution in [3.8, 4) is 0 Å². The highest BCUT2D eigenvalue weighted by molar-refractivity contribution is 5.91. The summed E-state index contributed by atoms with van der Waals surface area (Å²) in [6, 6.07) is 3.59. The third-order valence-corrected chi connectivity index (χ3v) is 3.51. The first-order chi connectivity index (χ1) is 8.25. The van der Waals surface area contributed by atoms with Crippen LogP contribution in [0.1, 0.15) is 23.4 Å². The molecule has 2 aliphatic rings. The van der Waals surface area contributed by atoms with Crippen LogP contribution < -0.4 is 0 Å². The second-order valence-electron chi connectivity index (χ2n) is 4.51. The number of amides is 2. The lowest BCUT2D eigenvalue weighted by atomic mass is 10.1. The van der Waals surface area contributed by atoms with E-state index in [1.165, 1.54) is 6.26 Å². The summed E-state index contributed by atoms with van der Waals surface area (Å²) in [6.45, 7) is 1.88. The first-order valence-corrected chi connectivity index (χ1v) is 5.88. The Morgan fingerprint density at radius 1 is 1.41 bits per heavy atom. The van der Waals surface area contributed by atoms with Crippen molar-refractivity contribution in [3.63, 3.8) is 0 Å². The molecule has 1 aromatic heterocycles. The molecule has 2 saturated heterocycles.